The Morgan fingerprint density at radius 3 is 2.53 bits per heavy atom. The van der Waals surface area contributed by atoms with Crippen LogP contribution in [0.15, 0.2) is 18.2 Å². The predicted octanol–water partition coefficient (Wildman–Crippen LogP) is 2.46. The molecule has 0 saturated carbocycles. The second-order valence-electron chi connectivity index (χ2n) is 5.34. The zero-order valence-corrected chi connectivity index (χ0v) is 12.2. The Kier molecular flexibility index (Phi) is 6.12. The lowest BCUT2D eigenvalue weighted by molar-refractivity contribution is 0.143. The lowest BCUT2D eigenvalue weighted by Gasteiger charge is -2.19. The Morgan fingerprint density at radius 2 is 1.95 bits per heavy atom. The van der Waals surface area contributed by atoms with Crippen molar-refractivity contribution in [2.75, 3.05) is 13.7 Å². The van der Waals surface area contributed by atoms with Crippen LogP contribution in [0, 0.1) is 5.92 Å². The summed E-state index contributed by atoms with van der Waals surface area (Å²) in [5, 5.41) is 22.9. The first-order valence-electron chi connectivity index (χ1n) is 6.72. The average Bonchev–Trinajstić information content (AvgIpc) is 2.35. The van der Waals surface area contributed by atoms with E-state index in [0.29, 0.717) is 18.2 Å². The van der Waals surface area contributed by atoms with Gasteiger partial charge in [-0.15, -0.1) is 0 Å². The molecule has 0 heterocycles. The Morgan fingerprint density at radius 1 is 1.26 bits per heavy atom. The van der Waals surface area contributed by atoms with E-state index in [1.165, 1.54) is 0 Å². The van der Waals surface area contributed by atoms with Gasteiger partial charge < -0.3 is 20.3 Å². The molecule has 0 aliphatic rings. The molecule has 0 aliphatic heterocycles. The van der Waals surface area contributed by atoms with E-state index in [0.717, 1.165) is 12.0 Å². The molecule has 1 rings (SSSR count). The molecule has 3 N–H and O–H groups in total. The molecule has 0 spiro atoms. The third kappa shape index (κ3) is 5.09. The number of benzene rings is 1. The number of aliphatic hydroxyl groups excluding tert-OH is 1. The summed E-state index contributed by atoms with van der Waals surface area (Å²) in [6.45, 7) is 6.63. The van der Waals surface area contributed by atoms with Gasteiger partial charge in [-0.3, -0.25) is 0 Å². The van der Waals surface area contributed by atoms with Crippen LogP contribution in [0.25, 0.3) is 0 Å². The van der Waals surface area contributed by atoms with Crippen molar-refractivity contribution in [2.24, 2.45) is 5.92 Å². The minimum atomic E-state index is -0.366. The van der Waals surface area contributed by atoms with Crippen LogP contribution < -0.4 is 10.1 Å². The van der Waals surface area contributed by atoms with E-state index < -0.39 is 0 Å². The molecule has 4 nitrogen and oxygen atoms in total. The molecule has 0 bridgehead atoms. The Hall–Kier alpha value is -1.26. The highest BCUT2D eigenvalue weighted by Crippen LogP contribution is 2.28. The van der Waals surface area contributed by atoms with Crippen LogP contribution in [0.4, 0.5) is 0 Å². The molecule has 0 saturated heterocycles. The quantitative estimate of drug-likeness (QED) is 0.710. The van der Waals surface area contributed by atoms with E-state index in [1.54, 1.807) is 19.2 Å². The summed E-state index contributed by atoms with van der Waals surface area (Å²) >= 11 is 0. The van der Waals surface area contributed by atoms with E-state index in [1.807, 2.05) is 13.0 Å². The van der Waals surface area contributed by atoms with Crippen molar-refractivity contribution in [1.82, 2.24) is 5.32 Å². The first-order valence-corrected chi connectivity index (χ1v) is 6.72. The number of phenols is 1. The molecular weight excluding hydrogens is 242 g/mol. The molecule has 0 radical (unpaired) electrons. The van der Waals surface area contributed by atoms with Gasteiger partial charge in [-0.25, -0.2) is 0 Å². The van der Waals surface area contributed by atoms with E-state index in [9.17, 15) is 10.2 Å². The van der Waals surface area contributed by atoms with Gasteiger partial charge in [0.2, 0.25) is 0 Å². The summed E-state index contributed by atoms with van der Waals surface area (Å²) in [6, 6.07) is 5.11. The van der Waals surface area contributed by atoms with Gasteiger partial charge in [0.25, 0.3) is 0 Å². The van der Waals surface area contributed by atoms with E-state index in [2.05, 4.69) is 19.2 Å². The standard InChI is InChI=1S/C15H25NO3/c1-10(2)7-12(17)9-16-11(3)14-8-13(19-4)5-6-15(14)18/h5-6,8,10-12,16-18H,7,9H2,1-4H3. The van der Waals surface area contributed by atoms with Gasteiger partial charge in [-0.2, -0.15) is 0 Å². The van der Waals surface area contributed by atoms with Crippen LogP contribution >= 0.6 is 0 Å². The molecular formula is C15H25NO3. The van der Waals surface area contributed by atoms with Crippen molar-refractivity contribution < 1.29 is 14.9 Å². The summed E-state index contributed by atoms with van der Waals surface area (Å²) in [5.74, 6) is 1.42. The van der Waals surface area contributed by atoms with Crippen molar-refractivity contribution in [3.63, 3.8) is 0 Å². The largest absolute Gasteiger partial charge is 0.508 e. The monoisotopic (exact) mass is 267 g/mol. The summed E-state index contributed by atoms with van der Waals surface area (Å²) in [7, 11) is 1.60. The van der Waals surface area contributed by atoms with Crippen LogP contribution in [0.3, 0.4) is 0 Å². The molecule has 0 aliphatic carbocycles. The molecule has 2 atom stereocenters. The SMILES string of the molecule is COc1ccc(O)c(C(C)NCC(O)CC(C)C)c1. The maximum Gasteiger partial charge on any atom is 0.120 e. The molecule has 2 unspecified atom stereocenters. The van der Waals surface area contributed by atoms with E-state index in [4.69, 9.17) is 4.74 Å². The molecule has 1 aromatic rings. The number of aromatic hydroxyl groups is 1. The van der Waals surface area contributed by atoms with Gasteiger partial charge >= 0.3 is 0 Å². The van der Waals surface area contributed by atoms with Crippen LogP contribution in [0.5, 0.6) is 11.5 Å². The zero-order chi connectivity index (χ0) is 14.4. The minimum Gasteiger partial charge on any atom is -0.508 e. The van der Waals surface area contributed by atoms with Gasteiger partial charge in [0.15, 0.2) is 0 Å². The predicted molar refractivity (Wildman–Crippen MR) is 76.5 cm³/mol. The molecule has 0 fully saturated rings. The van der Waals surface area contributed by atoms with Crippen LogP contribution in [0.2, 0.25) is 0 Å². The van der Waals surface area contributed by atoms with Crippen LogP contribution in [-0.2, 0) is 0 Å². The van der Waals surface area contributed by atoms with Crippen molar-refractivity contribution in [3.8, 4) is 11.5 Å². The summed E-state index contributed by atoms with van der Waals surface area (Å²) in [6.07, 6.45) is 0.402. The number of aliphatic hydroxyl groups is 1. The number of methoxy groups -OCH3 is 1. The fourth-order valence-corrected chi connectivity index (χ4v) is 2.06. The highest BCUT2D eigenvalue weighted by Gasteiger charge is 2.13. The first-order chi connectivity index (χ1) is 8.93. The molecule has 19 heavy (non-hydrogen) atoms. The topological polar surface area (TPSA) is 61.7 Å². The van der Waals surface area contributed by atoms with Gasteiger partial charge in [0.1, 0.15) is 11.5 Å². The zero-order valence-electron chi connectivity index (χ0n) is 12.2. The lowest BCUT2D eigenvalue weighted by Crippen LogP contribution is -2.30. The van der Waals surface area contributed by atoms with E-state index >= 15 is 0 Å². The smallest absolute Gasteiger partial charge is 0.120 e. The van der Waals surface area contributed by atoms with E-state index in [-0.39, 0.29) is 17.9 Å². The number of nitrogens with one attached hydrogen (secondary N) is 1. The van der Waals surface area contributed by atoms with Crippen LogP contribution in [0.1, 0.15) is 38.8 Å². The highest BCUT2D eigenvalue weighted by molar-refractivity contribution is 5.41. The fourth-order valence-electron chi connectivity index (χ4n) is 2.06. The van der Waals surface area contributed by atoms with Crippen LogP contribution in [-0.4, -0.2) is 30.0 Å². The van der Waals surface area contributed by atoms with Gasteiger partial charge in [-0.1, -0.05) is 13.8 Å². The lowest BCUT2D eigenvalue weighted by atomic mass is 10.0. The van der Waals surface area contributed by atoms with Crippen molar-refractivity contribution in [1.29, 1.82) is 0 Å². The second kappa shape index (κ2) is 7.36. The third-order valence-electron chi connectivity index (χ3n) is 3.10. The summed E-state index contributed by atoms with van der Waals surface area (Å²) in [4.78, 5) is 0. The Balaban J connectivity index is 2.60. The summed E-state index contributed by atoms with van der Waals surface area (Å²) in [5.41, 5.74) is 0.774. The molecule has 108 valence electrons. The first kappa shape index (κ1) is 15.8. The number of hydrogen-bond donors (Lipinski definition) is 3. The molecule has 0 amide bonds. The van der Waals surface area contributed by atoms with Crippen molar-refractivity contribution in [3.05, 3.63) is 23.8 Å². The average molecular weight is 267 g/mol. The van der Waals surface area contributed by atoms with Crippen molar-refractivity contribution in [2.45, 2.75) is 39.3 Å². The molecule has 4 heteroatoms. The molecule has 0 aromatic heterocycles. The number of hydrogen-bond acceptors (Lipinski definition) is 4. The number of ether oxygens (including phenoxy) is 1. The maximum atomic E-state index is 9.85. The van der Waals surface area contributed by atoms with Gasteiger partial charge in [0, 0.05) is 18.2 Å². The van der Waals surface area contributed by atoms with Gasteiger partial charge in [-0.05, 0) is 37.5 Å². The number of phenolic OH excluding ortho intramolecular Hbond substituents is 1. The minimum absolute atomic E-state index is 0.0445. The summed E-state index contributed by atoms with van der Waals surface area (Å²) < 4.78 is 5.15. The van der Waals surface area contributed by atoms with Gasteiger partial charge in [0.05, 0.1) is 13.2 Å². The van der Waals surface area contributed by atoms with Crippen molar-refractivity contribution >= 4 is 0 Å². The number of rotatable bonds is 7. The normalized spacial score (nSPS) is 14.4. The second-order valence-corrected chi connectivity index (χ2v) is 5.34. The fraction of sp³-hybridized carbons (Fsp3) is 0.600. The Bertz CT molecular complexity index is 393. The maximum absolute atomic E-state index is 9.85. The Labute approximate surface area is 115 Å². The highest BCUT2D eigenvalue weighted by atomic mass is 16.5. The third-order valence-corrected chi connectivity index (χ3v) is 3.10. The molecule has 1 aromatic carbocycles.